The van der Waals surface area contributed by atoms with E-state index in [-0.39, 0.29) is 11.1 Å². The largest absolute Gasteiger partial charge is 0.301 e. The summed E-state index contributed by atoms with van der Waals surface area (Å²) in [6, 6.07) is 6.58. The topological polar surface area (TPSA) is 65.5 Å². The quantitative estimate of drug-likeness (QED) is 0.793. The summed E-state index contributed by atoms with van der Waals surface area (Å²) in [4.78, 5) is 9.03. The summed E-state index contributed by atoms with van der Waals surface area (Å²) >= 11 is 6.17. The smallest absolute Gasteiger partial charge is 0.242 e. The van der Waals surface area contributed by atoms with Crippen LogP contribution in [-0.4, -0.2) is 62.1 Å². The van der Waals surface area contributed by atoms with Crippen LogP contribution in [0, 0.1) is 5.92 Å². The Morgan fingerprint density at radius 3 is 2.52 bits per heavy atom. The van der Waals surface area contributed by atoms with Gasteiger partial charge in [0.25, 0.3) is 0 Å². The van der Waals surface area contributed by atoms with Gasteiger partial charge in [-0.2, -0.15) is 4.72 Å². The summed E-state index contributed by atoms with van der Waals surface area (Å²) in [5.41, 5.74) is 0.497. The highest BCUT2D eigenvalue weighted by molar-refractivity contribution is 7.89. The maximum Gasteiger partial charge on any atom is 0.242 e. The Morgan fingerprint density at radius 2 is 1.85 bits per heavy atom. The van der Waals surface area contributed by atoms with Crippen LogP contribution in [0.1, 0.15) is 20.8 Å². The summed E-state index contributed by atoms with van der Waals surface area (Å²) in [7, 11) is -3.69. The molecule has 27 heavy (non-hydrogen) atoms. The van der Waals surface area contributed by atoms with E-state index < -0.39 is 10.0 Å². The average molecular weight is 411 g/mol. The third kappa shape index (κ3) is 4.78. The van der Waals surface area contributed by atoms with Crippen molar-refractivity contribution in [2.45, 2.75) is 31.8 Å². The SMILES string of the molecule is CC(C)CN1CCN(C(C)NS(=O)(=O)c2ccc(Cl)c3ncccc23)CC1. The Kier molecular flexibility index (Phi) is 6.38. The first kappa shape index (κ1) is 20.5. The molecule has 0 radical (unpaired) electrons. The zero-order valence-electron chi connectivity index (χ0n) is 16.0. The Balaban J connectivity index is 1.73. The zero-order chi connectivity index (χ0) is 19.6. The molecule has 0 saturated carbocycles. The van der Waals surface area contributed by atoms with Crippen LogP contribution >= 0.6 is 11.6 Å². The predicted octanol–water partition coefficient (Wildman–Crippen LogP) is 2.79. The van der Waals surface area contributed by atoms with E-state index in [4.69, 9.17) is 11.6 Å². The summed E-state index contributed by atoms with van der Waals surface area (Å²) in [5, 5.41) is 0.977. The molecule has 0 aliphatic carbocycles. The van der Waals surface area contributed by atoms with Crippen LogP contribution in [0.25, 0.3) is 10.9 Å². The normalized spacial score (nSPS) is 18.3. The molecular weight excluding hydrogens is 384 g/mol. The lowest BCUT2D eigenvalue weighted by atomic mass is 10.2. The van der Waals surface area contributed by atoms with E-state index in [0.717, 1.165) is 32.7 Å². The van der Waals surface area contributed by atoms with Crippen LogP contribution in [0.2, 0.25) is 5.02 Å². The van der Waals surface area contributed by atoms with Crippen LogP contribution in [0.3, 0.4) is 0 Å². The molecule has 0 amide bonds. The van der Waals surface area contributed by atoms with Crippen LogP contribution < -0.4 is 4.72 Å². The van der Waals surface area contributed by atoms with Crippen LogP contribution in [0.4, 0.5) is 0 Å². The van der Waals surface area contributed by atoms with E-state index in [2.05, 4.69) is 33.4 Å². The van der Waals surface area contributed by atoms with Crippen molar-refractivity contribution in [1.82, 2.24) is 19.5 Å². The van der Waals surface area contributed by atoms with Gasteiger partial charge in [0.05, 0.1) is 21.6 Å². The molecule has 1 aromatic heterocycles. The second-order valence-corrected chi connectivity index (χ2v) is 9.56. The molecule has 6 nitrogen and oxygen atoms in total. The van der Waals surface area contributed by atoms with Gasteiger partial charge in [-0.15, -0.1) is 0 Å². The number of fused-ring (bicyclic) bond motifs is 1. The number of aromatic nitrogens is 1. The number of piperazine rings is 1. The minimum absolute atomic E-state index is 0.209. The highest BCUT2D eigenvalue weighted by Gasteiger charge is 2.26. The fourth-order valence-corrected chi connectivity index (χ4v) is 5.20. The first-order valence-electron chi connectivity index (χ1n) is 9.30. The van der Waals surface area contributed by atoms with Gasteiger partial charge < -0.3 is 4.90 Å². The molecule has 1 aromatic carbocycles. The average Bonchev–Trinajstić information content (AvgIpc) is 2.61. The van der Waals surface area contributed by atoms with Gasteiger partial charge in [0.1, 0.15) is 0 Å². The van der Waals surface area contributed by atoms with Gasteiger partial charge in [-0.05, 0) is 37.1 Å². The van der Waals surface area contributed by atoms with Crippen LogP contribution in [-0.2, 0) is 10.0 Å². The molecular formula is C19H27ClN4O2S. The molecule has 2 aromatic rings. The molecule has 1 unspecified atom stereocenters. The van der Waals surface area contributed by atoms with Crippen molar-refractivity contribution in [3.63, 3.8) is 0 Å². The number of benzene rings is 1. The van der Waals surface area contributed by atoms with E-state index in [1.54, 1.807) is 30.5 Å². The van der Waals surface area contributed by atoms with Crippen molar-refractivity contribution < 1.29 is 8.42 Å². The Bertz CT molecular complexity index is 896. The molecule has 0 spiro atoms. The maximum atomic E-state index is 13.0. The fraction of sp³-hybridized carbons (Fsp3) is 0.526. The molecule has 1 aliphatic heterocycles. The zero-order valence-corrected chi connectivity index (χ0v) is 17.6. The minimum atomic E-state index is -3.69. The van der Waals surface area contributed by atoms with Gasteiger partial charge in [0, 0.05) is 44.3 Å². The van der Waals surface area contributed by atoms with E-state index in [9.17, 15) is 8.42 Å². The van der Waals surface area contributed by atoms with Crippen molar-refractivity contribution in [1.29, 1.82) is 0 Å². The molecule has 1 atom stereocenters. The predicted molar refractivity (Wildman–Crippen MR) is 109 cm³/mol. The van der Waals surface area contributed by atoms with Gasteiger partial charge in [-0.25, -0.2) is 8.42 Å². The molecule has 0 bridgehead atoms. The molecule has 1 aliphatic rings. The number of hydrogen-bond donors (Lipinski definition) is 1. The van der Waals surface area contributed by atoms with Gasteiger partial charge >= 0.3 is 0 Å². The second kappa shape index (κ2) is 8.41. The van der Waals surface area contributed by atoms with E-state index in [0.29, 0.717) is 21.8 Å². The summed E-state index contributed by atoms with van der Waals surface area (Å²) in [6.07, 6.45) is 1.33. The lowest BCUT2D eigenvalue weighted by molar-refractivity contribution is 0.0910. The van der Waals surface area contributed by atoms with Crippen LogP contribution in [0.15, 0.2) is 35.4 Å². The maximum absolute atomic E-state index is 13.0. The summed E-state index contributed by atoms with van der Waals surface area (Å²) in [5.74, 6) is 0.638. The molecule has 3 rings (SSSR count). The number of hydrogen-bond acceptors (Lipinski definition) is 5. The summed E-state index contributed by atoms with van der Waals surface area (Å²) < 4.78 is 28.8. The third-order valence-electron chi connectivity index (χ3n) is 4.87. The van der Waals surface area contributed by atoms with Gasteiger partial charge in [0.2, 0.25) is 10.0 Å². The highest BCUT2D eigenvalue weighted by atomic mass is 35.5. The Hall–Kier alpha value is -1.25. The van der Waals surface area contributed by atoms with E-state index in [1.807, 2.05) is 6.92 Å². The van der Waals surface area contributed by atoms with Crippen LogP contribution in [0.5, 0.6) is 0 Å². The van der Waals surface area contributed by atoms with E-state index >= 15 is 0 Å². The highest BCUT2D eigenvalue weighted by Crippen LogP contribution is 2.27. The lowest BCUT2D eigenvalue weighted by Crippen LogP contribution is -2.55. The van der Waals surface area contributed by atoms with Gasteiger partial charge in [-0.1, -0.05) is 25.4 Å². The molecule has 1 fully saturated rings. The lowest BCUT2D eigenvalue weighted by Gasteiger charge is -2.38. The number of halogens is 1. The van der Waals surface area contributed by atoms with Crippen molar-refractivity contribution >= 4 is 32.5 Å². The molecule has 2 heterocycles. The van der Waals surface area contributed by atoms with Gasteiger partial charge in [-0.3, -0.25) is 9.88 Å². The molecule has 1 saturated heterocycles. The monoisotopic (exact) mass is 410 g/mol. The number of nitrogens with zero attached hydrogens (tertiary/aromatic N) is 3. The fourth-order valence-electron chi connectivity index (χ4n) is 3.56. The first-order chi connectivity index (χ1) is 12.8. The number of rotatable bonds is 6. The Morgan fingerprint density at radius 1 is 1.15 bits per heavy atom. The van der Waals surface area contributed by atoms with Crippen molar-refractivity contribution in [2.75, 3.05) is 32.7 Å². The molecule has 148 valence electrons. The minimum Gasteiger partial charge on any atom is -0.301 e. The van der Waals surface area contributed by atoms with Crippen molar-refractivity contribution in [3.8, 4) is 0 Å². The standard InChI is InChI=1S/C19H27ClN4O2S/c1-14(2)13-23-9-11-24(12-10-23)15(3)22-27(25,26)18-7-6-17(20)19-16(18)5-4-8-21-19/h4-8,14-15,22H,9-13H2,1-3H3. The number of nitrogens with one attached hydrogen (secondary N) is 1. The first-order valence-corrected chi connectivity index (χ1v) is 11.2. The molecule has 8 heteroatoms. The number of pyridine rings is 1. The summed E-state index contributed by atoms with van der Waals surface area (Å²) in [6.45, 7) is 11.0. The second-order valence-electron chi connectivity index (χ2n) is 7.47. The number of sulfonamides is 1. The Labute approximate surface area is 166 Å². The van der Waals surface area contributed by atoms with Crippen molar-refractivity contribution in [2.24, 2.45) is 5.92 Å². The van der Waals surface area contributed by atoms with Gasteiger partial charge in [0.15, 0.2) is 0 Å². The third-order valence-corrected chi connectivity index (χ3v) is 6.77. The van der Waals surface area contributed by atoms with Crippen molar-refractivity contribution in [3.05, 3.63) is 35.5 Å². The molecule has 1 N–H and O–H groups in total. The van der Waals surface area contributed by atoms with E-state index in [1.165, 1.54) is 0 Å².